The van der Waals surface area contributed by atoms with Crippen LogP contribution in [0.3, 0.4) is 0 Å². The van der Waals surface area contributed by atoms with Crippen molar-refractivity contribution < 1.29 is 10.2 Å². The summed E-state index contributed by atoms with van der Waals surface area (Å²) < 4.78 is 0. The standard InChI is InChI=1S/C31H31ClN4O2/c32-28-26(30(37)24-15-25(24)31(28)38)19-36(27-8-3-5-22-6-4-14-35-29(22)27)18-21-11-9-20(10-12-21)16-33-17-23-7-1-2-13-34-23/h1-2,4,6-7,9-14,27,33,37-38H,3,5,8,15-19H2. The molecule has 0 amide bonds. The third-order valence-corrected chi connectivity index (χ3v) is 8.07. The monoisotopic (exact) mass is 526 g/mol. The fourth-order valence-corrected chi connectivity index (χ4v) is 5.81. The van der Waals surface area contributed by atoms with Crippen LogP contribution in [-0.4, -0.2) is 25.1 Å². The Morgan fingerprint density at radius 1 is 0.868 bits per heavy atom. The molecule has 0 bridgehead atoms. The highest BCUT2D eigenvalue weighted by Gasteiger charge is 2.34. The molecule has 0 aliphatic heterocycles. The number of halogens is 1. The quantitative estimate of drug-likeness (QED) is 0.210. The average molecular weight is 527 g/mol. The van der Waals surface area contributed by atoms with Crippen molar-refractivity contribution in [1.82, 2.24) is 20.2 Å². The molecule has 0 saturated heterocycles. The minimum atomic E-state index is 0.0983. The number of phenols is 2. The topological polar surface area (TPSA) is 81.5 Å². The number of pyridine rings is 2. The highest BCUT2D eigenvalue weighted by atomic mass is 35.5. The molecule has 7 heteroatoms. The van der Waals surface area contributed by atoms with Crippen LogP contribution in [0.5, 0.6) is 11.5 Å². The maximum Gasteiger partial charge on any atom is 0.138 e. The molecular formula is C31H31ClN4O2. The maximum atomic E-state index is 10.9. The first-order valence-electron chi connectivity index (χ1n) is 13.2. The van der Waals surface area contributed by atoms with E-state index in [0.29, 0.717) is 25.1 Å². The molecule has 194 valence electrons. The molecule has 2 aliphatic rings. The average Bonchev–Trinajstić information content (AvgIpc) is 3.76. The molecule has 0 fully saturated rings. The fraction of sp³-hybridized carbons (Fsp3) is 0.290. The van der Waals surface area contributed by atoms with Gasteiger partial charge in [-0.15, -0.1) is 0 Å². The predicted molar refractivity (Wildman–Crippen MR) is 148 cm³/mol. The lowest BCUT2D eigenvalue weighted by Crippen LogP contribution is -2.31. The van der Waals surface area contributed by atoms with E-state index in [1.54, 1.807) is 0 Å². The Balaban J connectivity index is 1.22. The van der Waals surface area contributed by atoms with E-state index >= 15 is 0 Å². The van der Waals surface area contributed by atoms with Gasteiger partial charge in [0.2, 0.25) is 0 Å². The molecule has 6 nitrogen and oxygen atoms in total. The zero-order valence-corrected chi connectivity index (χ0v) is 22.0. The van der Waals surface area contributed by atoms with Gasteiger partial charge in [-0.2, -0.15) is 0 Å². The maximum absolute atomic E-state index is 10.9. The predicted octanol–water partition coefficient (Wildman–Crippen LogP) is 5.82. The third kappa shape index (κ3) is 5.12. The second-order valence-corrected chi connectivity index (χ2v) is 10.6. The number of nitrogens with one attached hydrogen (secondary N) is 1. The van der Waals surface area contributed by atoms with Crippen molar-refractivity contribution >= 4 is 11.6 Å². The van der Waals surface area contributed by atoms with Crippen LogP contribution in [-0.2, 0) is 39.0 Å². The number of rotatable bonds is 9. The summed E-state index contributed by atoms with van der Waals surface area (Å²) >= 11 is 6.57. The number of aromatic hydroxyl groups is 2. The molecule has 1 unspecified atom stereocenters. The minimum absolute atomic E-state index is 0.0983. The van der Waals surface area contributed by atoms with Gasteiger partial charge in [-0.05, 0) is 54.2 Å². The van der Waals surface area contributed by atoms with E-state index in [1.165, 1.54) is 16.7 Å². The molecule has 1 atom stereocenters. The van der Waals surface area contributed by atoms with E-state index in [9.17, 15) is 10.2 Å². The van der Waals surface area contributed by atoms with E-state index in [4.69, 9.17) is 16.6 Å². The van der Waals surface area contributed by atoms with Crippen LogP contribution >= 0.6 is 11.6 Å². The summed E-state index contributed by atoms with van der Waals surface area (Å²) in [5.41, 5.74) is 7.95. The van der Waals surface area contributed by atoms with Crippen LogP contribution < -0.4 is 5.32 Å². The second-order valence-electron chi connectivity index (χ2n) is 10.2. The first-order chi connectivity index (χ1) is 18.6. The SMILES string of the molecule is Oc1c(Cl)c(CN(Cc2ccc(CNCc3ccccn3)cc2)C2CCCc3cccnc32)c(O)c2c1C2. The number of fused-ring (bicyclic) bond motifs is 2. The Morgan fingerprint density at radius 3 is 2.47 bits per heavy atom. The van der Waals surface area contributed by atoms with Gasteiger partial charge in [0.1, 0.15) is 11.5 Å². The summed E-state index contributed by atoms with van der Waals surface area (Å²) in [6, 6.07) is 18.8. The summed E-state index contributed by atoms with van der Waals surface area (Å²) in [5.74, 6) is 0.332. The summed E-state index contributed by atoms with van der Waals surface area (Å²) in [7, 11) is 0. The lowest BCUT2D eigenvalue weighted by Gasteiger charge is -2.35. The molecule has 2 aromatic carbocycles. The van der Waals surface area contributed by atoms with E-state index < -0.39 is 0 Å². The molecule has 2 heterocycles. The fourth-order valence-electron chi connectivity index (χ4n) is 5.55. The molecule has 0 saturated carbocycles. The van der Waals surface area contributed by atoms with Gasteiger partial charge in [-0.25, -0.2) is 0 Å². The van der Waals surface area contributed by atoms with Gasteiger partial charge in [0.05, 0.1) is 22.5 Å². The molecule has 3 N–H and O–H groups in total. The van der Waals surface area contributed by atoms with Gasteiger partial charge < -0.3 is 15.5 Å². The molecule has 2 aliphatic carbocycles. The Kier molecular flexibility index (Phi) is 7.02. The Bertz CT molecular complexity index is 1440. The number of phenolic OH excluding ortho intramolecular Hbond substituents is 2. The van der Waals surface area contributed by atoms with E-state index in [2.05, 4.69) is 45.5 Å². The zero-order chi connectivity index (χ0) is 26.1. The van der Waals surface area contributed by atoms with E-state index in [0.717, 1.165) is 54.9 Å². The first-order valence-corrected chi connectivity index (χ1v) is 13.6. The lowest BCUT2D eigenvalue weighted by molar-refractivity contribution is 0.155. The summed E-state index contributed by atoms with van der Waals surface area (Å²) in [4.78, 5) is 11.5. The molecule has 38 heavy (non-hydrogen) atoms. The van der Waals surface area contributed by atoms with E-state index in [-0.39, 0.29) is 22.6 Å². The Morgan fingerprint density at radius 2 is 1.66 bits per heavy atom. The van der Waals surface area contributed by atoms with Gasteiger partial charge in [0.25, 0.3) is 0 Å². The Labute approximate surface area is 228 Å². The molecular weight excluding hydrogens is 496 g/mol. The van der Waals surface area contributed by atoms with Gasteiger partial charge in [-0.1, -0.05) is 48.0 Å². The number of nitrogens with zero attached hydrogens (tertiary/aromatic N) is 3. The minimum Gasteiger partial charge on any atom is -0.507 e. The van der Waals surface area contributed by atoms with Crippen molar-refractivity contribution in [2.75, 3.05) is 0 Å². The molecule has 6 rings (SSSR count). The normalized spacial score (nSPS) is 15.8. The smallest absolute Gasteiger partial charge is 0.138 e. The summed E-state index contributed by atoms with van der Waals surface area (Å²) in [6.07, 6.45) is 7.36. The van der Waals surface area contributed by atoms with Crippen molar-refractivity contribution in [2.24, 2.45) is 0 Å². The zero-order valence-electron chi connectivity index (χ0n) is 21.2. The lowest BCUT2D eigenvalue weighted by atomic mass is 9.90. The van der Waals surface area contributed by atoms with Crippen LogP contribution in [0.2, 0.25) is 5.02 Å². The number of benzene rings is 2. The number of aryl methyl sites for hydroxylation is 1. The van der Waals surface area contributed by atoms with Crippen LogP contribution in [0.4, 0.5) is 0 Å². The second kappa shape index (κ2) is 10.7. The first kappa shape index (κ1) is 24.9. The van der Waals surface area contributed by atoms with Gasteiger partial charge in [-0.3, -0.25) is 14.9 Å². The summed E-state index contributed by atoms with van der Waals surface area (Å²) in [5, 5.41) is 25.2. The van der Waals surface area contributed by atoms with Crippen molar-refractivity contribution in [3.05, 3.63) is 117 Å². The number of hydrogen-bond acceptors (Lipinski definition) is 6. The molecule has 0 spiro atoms. The van der Waals surface area contributed by atoms with Crippen molar-refractivity contribution in [3.63, 3.8) is 0 Å². The van der Waals surface area contributed by atoms with Gasteiger partial charge in [0, 0.05) is 61.7 Å². The van der Waals surface area contributed by atoms with Crippen molar-refractivity contribution in [1.29, 1.82) is 0 Å². The van der Waals surface area contributed by atoms with Crippen LogP contribution in [0.25, 0.3) is 0 Å². The number of hydrogen-bond donors (Lipinski definition) is 3. The highest BCUT2D eigenvalue weighted by molar-refractivity contribution is 6.33. The van der Waals surface area contributed by atoms with E-state index in [1.807, 2.05) is 36.7 Å². The highest BCUT2D eigenvalue weighted by Crippen LogP contribution is 2.51. The van der Waals surface area contributed by atoms with Gasteiger partial charge >= 0.3 is 0 Å². The van der Waals surface area contributed by atoms with Gasteiger partial charge in [0.15, 0.2) is 0 Å². The van der Waals surface area contributed by atoms with Crippen LogP contribution in [0.15, 0.2) is 67.0 Å². The molecule has 0 radical (unpaired) electrons. The van der Waals surface area contributed by atoms with Crippen LogP contribution in [0.1, 0.15) is 63.7 Å². The summed E-state index contributed by atoms with van der Waals surface area (Å²) in [6.45, 7) is 2.59. The van der Waals surface area contributed by atoms with Crippen molar-refractivity contribution in [2.45, 2.75) is 57.9 Å². The van der Waals surface area contributed by atoms with Crippen LogP contribution in [0, 0.1) is 0 Å². The van der Waals surface area contributed by atoms with Crippen molar-refractivity contribution in [3.8, 4) is 11.5 Å². The largest absolute Gasteiger partial charge is 0.507 e. The number of aromatic nitrogens is 2. The molecule has 4 aromatic rings. The third-order valence-electron chi connectivity index (χ3n) is 7.66. The molecule has 2 aromatic heterocycles. The Hall–Kier alpha value is -3.45.